The Labute approximate surface area is 61.3 Å². The van der Waals surface area contributed by atoms with Gasteiger partial charge in [0.25, 0.3) is 0 Å². The number of hydrogen-bond donors (Lipinski definition) is 2. The lowest BCUT2D eigenvalue weighted by molar-refractivity contribution is -0.0935. The third-order valence-corrected chi connectivity index (χ3v) is 1.65. The third-order valence-electron chi connectivity index (χ3n) is 1.65. The van der Waals surface area contributed by atoms with Crippen LogP contribution in [0.4, 0.5) is 0 Å². The van der Waals surface area contributed by atoms with Crippen LogP contribution < -0.4 is 0 Å². The minimum Gasteiger partial charge on any atom is -0.392 e. The molecule has 0 aromatic carbocycles. The van der Waals surface area contributed by atoms with Crippen molar-refractivity contribution in [2.45, 2.75) is 25.6 Å². The number of likely N-dealkylation sites (tertiary alicyclic amines) is 1. The molecule has 0 aromatic rings. The Hall–Kier alpha value is -0.120. The van der Waals surface area contributed by atoms with Crippen LogP contribution in [0.2, 0.25) is 0 Å². The van der Waals surface area contributed by atoms with Gasteiger partial charge in [0.2, 0.25) is 0 Å². The molecular formula is C7H15NO2. The van der Waals surface area contributed by atoms with Gasteiger partial charge in [0.1, 0.15) is 0 Å². The van der Waals surface area contributed by atoms with Gasteiger partial charge in [-0.05, 0) is 13.8 Å². The van der Waals surface area contributed by atoms with Crippen molar-refractivity contribution in [3.63, 3.8) is 0 Å². The molecule has 3 nitrogen and oxygen atoms in total. The van der Waals surface area contributed by atoms with E-state index >= 15 is 0 Å². The van der Waals surface area contributed by atoms with E-state index in [0.29, 0.717) is 19.6 Å². The summed E-state index contributed by atoms with van der Waals surface area (Å²) in [5, 5.41) is 18.2. The first-order valence-electron chi connectivity index (χ1n) is 3.62. The molecule has 1 aliphatic rings. The summed E-state index contributed by atoms with van der Waals surface area (Å²) in [6, 6.07) is 0. The predicted octanol–water partition coefficient (Wildman–Crippen LogP) is -0.566. The maximum Gasteiger partial charge on any atom is 0.0872 e. The van der Waals surface area contributed by atoms with Gasteiger partial charge in [-0.25, -0.2) is 0 Å². The molecule has 1 atom stereocenters. The highest BCUT2D eigenvalue weighted by Gasteiger charge is 2.36. The second-order valence-corrected chi connectivity index (χ2v) is 3.52. The summed E-state index contributed by atoms with van der Waals surface area (Å²) in [7, 11) is 0. The smallest absolute Gasteiger partial charge is 0.0872 e. The van der Waals surface area contributed by atoms with Crippen LogP contribution in [0.5, 0.6) is 0 Å². The zero-order valence-corrected chi connectivity index (χ0v) is 6.54. The Balaban J connectivity index is 2.15. The molecule has 3 heteroatoms. The maximum atomic E-state index is 9.27. The lowest BCUT2D eigenvalue weighted by atomic mass is 9.97. The van der Waals surface area contributed by atoms with Crippen LogP contribution in [0.3, 0.4) is 0 Å². The average molecular weight is 145 g/mol. The minimum atomic E-state index is -0.505. The van der Waals surface area contributed by atoms with Crippen molar-refractivity contribution in [1.29, 1.82) is 0 Å². The Bertz CT molecular complexity index is 112. The van der Waals surface area contributed by atoms with Crippen LogP contribution in [0.1, 0.15) is 13.8 Å². The fraction of sp³-hybridized carbons (Fsp3) is 1.00. The SMILES string of the molecule is CC(O)CN1CC(C)(O)C1. The van der Waals surface area contributed by atoms with E-state index in [-0.39, 0.29) is 6.10 Å². The highest BCUT2D eigenvalue weighted by molar-refractivity contribution is 4.91. The highest BCUT2D eigenvalue weighted by Crippen LogP contribution is 2.19. The van der Waals surface area contributed by atoms with Crippen LogP contribution in [0, 0.1) is 0 Å². The van der Waals surface area contributed by atoms with Crippen LogP contribution in [-0.2, 0) is 0 Å². The number of β-amino-alcohol motifs (C(OH)–C–C–N with tert-alkyl or cyclic N) is 2. The van der Waals surface area contributed by atoms with Gasteiger partial charge in [-0.2, -0.15) is 0 Å². The fourth-order valence-electron chi connectivity index (χ4n) is 1.42. The summed E-state index contributed by atoms with van der Waals surface area (Å²) >= 11 is 0. The molecule has 10 heavy (non-hydrogen) atoms. The maximum absolute atomic E-state index is 9.27. The first-order valence-corrected chi connectivity index (χ1v) is 3.62. The van der Waals surface area contributed by atoms with Gasteiger partial charge < -0.3 is 10.2 Å². The second kappa shape index (κ2) is 2.49. The molecule has 0 radical (unpaired) electrons. The fourth-order valence-corrected chi connectivity index (χ4v) is 1.42. The Morgan fingerprint density at radius 1 is 1.60 bits per heavy atom. The van der Waals surface area contributed by atoms with Crippen molar-refractivity contribution < 1.29 is 10.2 Å². The highest BCUT2D eigenvalue weighted by atomic mass is 16.3. The molecule has 0 aromatic heterocycles. The van der Waals surface area contributed by atoms with Crippen LogP contribution >= 0.6 is 0 Å². The molecule has 1 aliphatic heterocycles. The van der Waals surface area contributed by atoms with E-state index in [0.717, 1.165) is 0 Å². The van der Waals surface area contributed by atoms with E-state index in [4.69, 9.17) is 5.11 Å². The predicted molar refractivity (Wildman–Crippen MR) is 38.7 cm³/mol. The van der Waals surface area contributed by atoms with Crippen molar-refractivity contribution in [2.75, 3.05) is 19.6 Å². The monoisotopic (exact) mass is 145 g/mol. The molecule has 1 unspecified atom stereocenters. The Morgan fingerprint density at radius 3 is 2.40 bits per heavy atom. The molecule has 1 heterocycles. The molecule has 0 amide bonds. The van der Waals surface area contributed by atoms with Crippen LogP contribution in [0.15, 0.2) is 0 Å². The topological polar surface area (TPSA) is 43.7 Å². The van der Waals surface area contributed by atoms with Gasteiger partial charge in [-0.15, -0.1) is 0 Å². The lowest BCUT2D eigenvalue weighted by Gasteiger charge is -2.44. The van der Waals surface area contributed by atoms with E-state index in [1.54, 1.807) is 6.92 Å². The minimum absolute atomic E-state index is 0.281. The largest absolute Gasteiger partial charge is 0.392 e. The number of aliphatic hydroxyl groups excluding tert-OH is 1. The van der Waals surface area contributed by atoms with E-state index in [1.807, 2.05) is 11.8 Å². The zero-order chi connectivity index (χ0) is 7.78. The molecule has 0 saturated carbocycles. The zero-order valence-electron chi connectivity index (χ0n) is 6.54. The summed E-state index contributed by atoms with van der Waals surface area (Å²) in [5.41, 5.74) is -0.505. The van der Waals surface area contributed by atoms with Crippen molar-refractivity contribution in [2.24, 2.45) is 0 Å². The third kappa shape index (κ3) is 1.94. The molecule has 1 rings (SSSR count). The molecule has 2 N–H and O–H groups in total. The van der Waals surface area contributed by atoms with Crippen molar-refractivity contribution in [1.82, 2.24) is 4.90 Å². The van der Waals surface area contributed by atoms with Gasteiger partial charge in [-0.3, -0.25) is 4.90 Å². The second-order valence-electron chi connectivity index (χ2n) is 3.52. The lowest BCUT2D eigenvalue weighted by Crippen LogP contribution is -2.61. The first-order chi connectivity index (χ1) is 4.49. The first kappa shape index (κ1) is 7.98. The molecular weight excluding hydrogens is 130 g/mol. The summed E-state index contributed by atoms with van der Waals surface area (Å²) in [5.74, 6) is 0. The molecule has 1 saturated heterocycles. The van der Waals surface area contributed by atoms with Gasteiger partial charge in [0.05, 0.1) is 11.7 Å². The molecule has 60 valence electrons. The molecule has 1 fully saturated rings. The number of nitrogens with zero attached hydrogens (tertiary/aromatic N) is 1. The van der Waals surface area contributed by atoms with Gasteiger partial charge >= 0.3 is 0 Å². The Kier molecular flexibility index (Phi) is 1.99. The standard InChI is InChI=1S/C7H15NO2/c1-6(9)3-8-4-7(2,10)5-8/h6,9-10H,3-5H2,1-2H3. The number of hydrogen-bond acceptors (Lipinski definition) is 3. The Morgan fingerprint density at radius 2 is 2.10 bits per heavy atom. The quantitative estimate of drug-likeness (QED) is 0.547. The van der Waals surface area contributed by atoms with Crippen LogP contribution in [0.25, 0.3) is 0 Å². The van der Waals surface area contributed by atoms with Gasteiger partial charge in [0.15, 0.2) is 0 Å². The van der Waals surface area contributed by atoms with E-state index in [2.05, 4.69) is 0 Å². The number of rotatable bonds is 2. The van der Waals surface area contributed by atoms with Gasteiger partial charge in [0, 0.05) is 19.6 Å². The molecule has 0 bridgehead atoms. The summed E-state index contributed by atoms with van der Waals surface area (Å²) in [6.45, 7) is 5.63. The van der Waals surface area contributed by atoms with E-state index in [1.165, 1.54) is 0 Å². The van der Waals surface area contributed by atoms with Crippen LogP contribution in [-0.4, -0.2) is 46.5 Å². The number of aliphatic hydroxyl groups is 2. The van der Waals surface area contributed by atoms with Crippen molar-refractivity contribution in [3.05, 3.63) is 0 Å². The van der Waals surface area contributed by atoms with Crippen molar-refractivity contribution in [3.8, 4) is 0 Å². The molecule has 0 aliphatic carbocycles. The molecule has 0 spiro atoms. The average Bonchev–Trinajstić information content (AvgIpc) is 1.57. The van der Waals surface area contributed by atoms with Crippen molar-refractivity contribution >= 4 is 0 Å². The normalized spacial score (nSPS) is 27.6. The van der Waals surface area contributed by atoms with E-state index in [9.17, 15) is 5.11 Å². The summed E-state index contributed by atoms with van der Waals surface area (Å²) < 4.78 is 0. The summed E-state index contributed by atoms with van der Waals surface area (Å²) in [6.07, 6.45) is -0.281. The van der Waals surface area contributed by atoms with Gasteiger partial charge in [-0.1, -0.05) is 0 Å². The summed E-state index contributed by atoms with van der Waals surface area (Å²) in [4.78, 5) is 2.03. The van der Waals surface area contributed by atoms with E-state index < -0.39 is 5.60 Å².